The summed E-state index contributed by atoms with van der Waals surface area (Å²) in [4.78, 5) is 4.49. The molecular formula is C14H10Cl3N3. The SMILES string of the molecule is Clc1cc(Cl)cc(NCc2cn3cc(Cl)ccc3n2)c1. The van der Waals surface area contributed by atoms with Crippen LogP contribution in [0.25, 0.3) is 5.65 Å². The number of rotatable bonds is 3. The first kappa shape index (κ1) is 13.6. The zero-order valence-corrected chi connectivity index (χ0v) is 12.5. The molecule has 0 atom stereocenters. The molecule has 0 saturated carbocycles. The van der Waals surface area contributed by atoms with Gasteiger partial charge in [-0.25, -0.2) is 4.98 Å². The maximum Gasteiger partial charge on any atom is 0.137 e. The zero-order valence-electron chi connectivity index (χ0n) is 10.3. The van der Waals surface area contributed by atoms with E-state index in [2.05, 4.69) is 10.3 Å². The fourth-order valence-electron chi connectivity index (χ4n) is 1.95. The second-order valence-corrected chi connectivity index (χ2v) is 5.67. The Bertz CT molecular complexity index is 747. The third-order valence-corrected chi connectivity index (χ3v) is 3.46. The van der Waals surface area contributed by atoms with Gasteiger partial charge in [-0.05, 0) is 30.3 Å². The van der Waals surface area contributed by atoms with Gasteiger partial charge < -0.3 is 9.72 Å². The fraction of sp³-hybridized carbons (Fsp3) is 0.0714. The minimum atomic E-state index is 0.579. The van der Waals surface area contributed by atoms with E-state index in [1.54, 1.807) is 6.07 Å². The summed E-state index contributed by atoms with van der Waals surface area (Å²) in [7, 11) is 0. The van der Waals surface area contributed by atoms with E-state index >= 15 is 0 Å². The standard InChI is InChI=1S/C14H10Cl3N3/c15-9-1-2-14-19-13(8-20(14)7-9)6-18-12-4-10(16)3-11(17)5-12/h1-5,7-8,18H,6H2. The average molecular weight is 327 g/mol. The van der Waals surface area contributed by atoms with Crippen molar-refractivity contribution in [2.24, 2.45) is 0 Å². The number of hydrogen-bond acceptors (Lipinski definition) is 2. The van der Waals surface area contributed by atoms with Crippen molar-refractivity contribution in [2.75, 3.05) is 5.32 Å². The molecule has 2 heterocycles. The molecule has 0 aliphatic heterocycles. The Morgan fingerprint density at radius 3 is 2.45 bits per heavy atom. The predicted octanol–water partition coefficient (Wildman–Crippen LogP) is 4.91. The topological polar surface area (TPSA) is 29.3 Å². The number of anilines is 1. The summed E-state index contributed by atoms with van der Waals surface area (Å²) >= 11 is 17.9. The van der Waals surface area contributed by atoms with Gasteiger partial charge in [0.2, 0.25) is 0 Å². The molecular weight excluding hydrogens is 317 g/mol. The molecule has 0 aliphatic carbocycles. The number of aromatic nitrogens is 2. The maximum absolute atomic E-state index is 5.95. The summed E-state index contributed by atoms with van der Waals surface area (Å²) in [5.74, 6) is 0. The number of hydrogen-bond donors (Lipinski definition) is 1. The van der Waals surface area contributed by atoms with Gasteiger partial charge >= 0.3 is 0 Å². The minimum absolute atomic E-state index is 0.579. The Morgan fingerprint density at radius 2 is 1.70 bits per heavy atom. The van der Waals surface area contributed by atoms with Gasteiger partial charge in [-0.3, -0.25) is 0 Å². The monoisotopic (exact) mass is 325 g/mol. The largest absolute Gasteiger partial charge is 0.379 e. The van der Waals surface area contributed by atoms with Crippen molar-refractivity contribution in [3.8, 4) is 0 Å². The molecule has 0 radical (unpaired) electrons. The summed E-state index contributed by atoms with van der Waals surface area (Å²) in [6, 6.07) is 9.03. The molecule has 1 N–H and O–H groups in total. The van der Waals surface area contributed by atoms with Gasteiger partial charge in [0.1, 0.15) is 5.65 Å². The molecule has 0 spiro atoms. The quantitative estimate of drug-likeness (QED) is 0.741. The van der Waals surface area contributed by atoms with Gasteiger partial charge in [0.05, 0.1) is 17.3 Å². The summed E-state index contributed by atoms with van der Waals surface area (Å²) in [5.41, 5.74) is 2.62. The van der Waals surface area contributed by atoms with Crippen LogP contribution in [0.4, 0.5) is 5.69 Å². The lowest BCUT2D eigenvalue weighted by Crippen LogP contribution is -1.99. The van der Waals surface area contributed by atoms with Crippen LogP contribution in [0.5, 0.6) is 0 Å². The highest BCUT2D eigenvalue weighted by Gasteiger charge is 2.03. The molecule has 0 unspecified atom stereocenters. The molecule has 1 aromatic carbocycles. The number of nitrogens with one attached hydrogen (secondary N) is 1. The smallest absolute Gasteiger partial charge is 0.137 e. The Labute approximate surface area is 131 Å². The summed E-state index contributed by atoms with van der Waals surface area (Å²) in [6.07, 6.45) is 3.75. The second kappa shape index (κ2) is 5.52. The van der Waals surface area contributed by atoms with E-state index < -0.39 is 0 Å². The number of halogens is 3. The van der Waals surface area contributed by atoms with E-state index in [0.29, 0.717) is 21.6 Å². The fourth-order valence-corrected chi connectivity index (χ4v) is 2.65. The van der Waals surface area contributed by atoms with E-state index in [-0.39, 0.29) is 0 Å². The van der Waals surface area contributed by atoms with Crippen LogP contribution < -0.4 is 5.32 Å². The van der Waals surface area contributed by atoms with Gasteiger partial charge in [0, 0.05) is 28.1 Å². The van der Waals surface area contributed by atoms with Crippen LogP contribution in [-0.4, -0.2) is 9.38 Å². The van der Waals surface area contributed by atoms with Crippen LogP contribution in [0, 0.1) is 0 Å². The molecule has 3 nitrogen and oxygen atoms in total. The maximum atomic E-state index is 5.95. The van der Waals surface area contributed by atoms with Crippen LogP contribution in [0.15, 0.2) is 42.7 Å². The number of imidazole rings is 1. The zero-order chi connectivity index (χ0) is 14.1. The van der Waals surface area contributed by atoms with Crippen molar-refractivity contribution in [3.63, 3.8) is 0 Å². The minimum Gasteiger partial charge on any atom is -0.379 e. The lowest BCUT2D eigenvalue weighted by molar-refractivity contribution is 1.08. The molecule has 0 amide bonds. The normalized spacial score (nSPS) is 10.9. The predicted molar refractivity (Wildman–Crippen MR) is 84.0 cm³/mol. The lowest BCUT2D eigenvalue weighted by Gasteiger charge is -2.05. The van der Waals surface area contributed by atoms with Crippen molar-refractivity contribution >= 4 is 46.1 Å². The molecule has 6 heteroatoms. The van der Waals surface area contributed by atoms with Crippen LogP contribution in [-0.2, 0) is 6.54 Å². The lowest BCUT2D eigenvalue weighted by atomic mass is 10.3. The third kappa shape index (κ3) is 3.01. The van der Waals surface area contributed by atoms with E-state index in [0.717, 1.165) is 17.0 Å². The van der Waals surface area contributed by atoms with E-state index in [1.807, 2.05) is 41.1 Å². The Morgan fingerprint density at radius 1 is 0.950 bits per heavy atom. The van der Waals surface area contributed by atoms with Gasteiger partial charge in [-0.15, -0.1) is 0 Å². The van der Waals surface area contributed by atoms with Crippen molar-refractivity contribution in [3.05, 3.63) is 63.5 Å². The third-order valence-electron chi connectivity index (χ3n) is 2.80. The Hall–Kier alpha value is -1.42. The molecule has 0 aliphatic rings. The molecule has 0 bridgehead atoms. The van der Waals surface area contributed by atoms with Crippen molar-refractivity contribution in [1.29, 1.82) is 0 Å². The first-order valence-electron chi connectivity index (χ1n) is 5.93. The number of fused-ring (bicyclic) bond motifs is 1. The van der Waals surface area contributed by atoms with E-state index in [1.165, 1.54) is 0 Å². The Balaban J connectivity index is 1.79. The molecule has 3 aromatic rings. The highest BCUT2D eigenvalue weighted by molar-refractivity contribution is 6.35. The molecule has 3 rings (SSSR count). The van der Waals surface area contributed by atoms with Gasteiger partial charge in [0.25, 0.3) is 0 Å². The van der Waals surface area contributed by atoms with Gasteiger partial charge in [-0.2, -0.15) is 0 Å². The van der Waals surface area contributed by atoms with Crippen LogP contribution >= 0.6 is 34.8 Å². The van der Waals surface area contributed by atoms with Crippen LogP contribution in [0.3, 0.4) is 0 Å². The molecule has 102 valence electrons. The number of nitrogens with zero attached hydrogens (tertiary/aromatic N) is 2. The molecule has 0 fully saturated rings. The van der Waals surface area contributed by atoms with E-state index in [9.17, 15) is 0 Å². The number of benzene rings is 1. The summed E-state index contributed by atoms with van der Waals surface area (Å²) in [5, 5.41) is 5.12. The highest BCUT2D eigenvalue weighted by Crippen LogP contribution is 2.23. The van der Waals surface area contributed by atoms with Crippen LogP contribution in [0.1, 0.15) is 5.69 Å². The molecule has 2 aromatic heterocycles. The van der Waals surface area contributed by atoms with Gasteiger partial charge in [-0.1, -0.05) is 34.8 Å². The van der Waals surface area contributed by atoms with E-state index in [4.69, 9.17) is 34.8 Å². The highest BCUT2D eigenvalue weighted by atomic mass is 35.5. The molecule has 0 saturated heterocycles. The molecule has 20 heavy (non-hydrogen) atoms. The first-order chi connectivity index (χ1) is 9.60. The second-order valence-electron chi connectivity index (χ2n) is 4.36. The van der Waals surface area contributed by atoms with Crippen LogP contribution in [0.2, 0.25) is 15.1 Å². The number of pyridine rings is 1. The van der Waals surface area contributed by atoms with Crippen molar-refractivity contribution in [2.45, 2.75) is 6.54 Å². The summed E-state index contributed by atoms with van der Waals surface area (Å²) < 4.78 is 1.89. The average Bonchev–Trinajstić information content (AvgIpc) is 2.77. The Kier molecular flexibility index (Phi) is 3.74. The van der Waals surface area contributed by atoms with Crippen molar-refractivity contribution in [1.82, 2.24) is 9.38 Å². The first-order valence-corrected chi connectivity index (χ1v) is 7.07. The summed E-state index contributed by atoms with van der Waals surface area (Å²) in [6.45, 7) is 0.579. The van der Waals surface area contributed by atoms with Gasteiger partial charge in [0.15, 0.2) is 0 Å². The van der Waals surface area contributed by atoms with Crippen molar-refractivity contribution < 1.29 is 0 Å².